The fourth-order valence-corrected chi connectivity index (χ4v) is 2.94. The Kier molecular flexibility index (Phi) is 3.06. The van der Waals surface area contributed by atoms with E-state index in [0.717, 1.165) is 12.8 Å². The highest BCUT2D eigenvalue weighted by Crippen LogP contribution is 2.43. The minimum Gasteiger partial charge on any atom is -0.478 e. The highest BCUT2D eigenvalue weighted by Gasteiger charge is 2.33. The summed E-state index contributed by atoms with van der Waals surface area (Å²) < 4.78 is 15.1. The number of hydrogen-bond acceptors (Lipinski definition) is 3. The van der Waals surface area contributed by atoms with E-state index in [9.17, 15) is 19.1 Å². The molecule has 24 heavy (non-hydrogen) atoms. The van der Waals surface area contributed by atoms with Gasteiger partial charge in [-0.3, -0.25) is 4.79 Å². The second kappa shape index (κ2) is 5.02. The van der Waals surface area contributed by atoms with Crippen molar-refractivity contribution in [3.05, 3.63) is 57.3 Å². The maximum atomic E-state index is 13.8. The molecule has 0 unspecified atom stereocenters. The van der Waals surface area contributed by atoms with Crippen molar-refractivity contribution in [1.29, 1.82) is 0 Å². The number of aromatic carboxylic acids is 1. The number of nitrogens with one attached hydrogen (secondary N) is 1. The molecule has 0 amide bonds. The Balaban J connectivity index is 1.96. The number of benzene rings is 1. The molecule has 1 aromatic carbocycles. The summed E-state index contributed by atoms with van der Waals surface area (Å²) in [4.78, 5) is 26.6. The van der Waals surface area contributed by atoms with E-state index in [1.165, 1.54) is 16.8 Å². The van der Waals surface area contributed by atoms with E-state index in [1.54, 1.807) is 19.1 Å². The first-order valence-corrected chi connectivity index (χ1v) is 7.61. The van der Waals surface area contributed by atoms with E-state index in [-0.39, 0.29) is 22.8 Å². The number of halogens is 1. The van der Waals surface area contributed by atoms with Gasteiger partial charge in [-0.25, -0.2) is 13.7 Å². The first kappa shape index (κ1) is 14.6. The third-order valence-corrected chi connectivity index (χ3v) is 4.34. The lowest BCUT2D eigenvalue weighted by atomic mass is 10.1. The number of rotatable bonds is 3. The lowest BCUT2D eigenvalue weighted by Crippen LogP contribution is -2.14. The van der Waals surface area contributed by atoms with Crippen LogP contribution in [0.3, 0.4) is 0 Å². The standard InChI is InChI=1S/C17H14FN3O3/c1-8-2-3-10(6-12(8)18)15-19-16(22)14-13(9-4-5-9)11(17(23)24)7-21(14)20-15/h2-3,6-7,9H,4-5H2,1H3,(H,23,24)(H,19,20,22). The van der Waals surface area contributed by atoms with E-state index in [2.05, 4.69) is 10.1 Å². The average Bonchev–Trinajstić information content (AvgIpc) is 3.29. The van der Waals surface area contributed by atoms with Gasteiger partial charge in [-0.2, -0.15) is 0 Å². The van der Waals surface area contributed by atoms with Crippen LogP contribution in [0.2, 0.25) is 0 Å². The molecule has 0 saturated heterocycles. The quantitative estimate of drug-likeness (QED) is 0.774. The molecule has 0 aliphatic heterocycles. The lowest BCUT2D eigenvalue weighted by Gasteiger charge is -2.04. The van der Waals surface area contributed by atoms with Gasteiger partial charge in [0.15, 0.2) is 5.82 Å². The smallest absolute Gasteiger partial charge is 0.337 e. The van der Waals surface area contributed by atoms with E-state index in [4.69, 9.17) is 0 Å². The van der Waals surface area contributed by atoms with Gasteiger partial charge in [0.05, 0.1) is 5.56 Å². The van der Waals surface area contributed by atoms with Gasteiger partial charge in [0, 0.05) is 17.3 Å². The summed E-state index contributed by atoms with van der Waals surface area (Å²) in [5, 5.41) is 13.7. The Morgan fingerprint density at radius 1 is 1.42 bits per heavy atom. The molecule has 1 aliphatic rings. The molecule has 0 radical (unpaired) electrons. The van der Waals surface area contributed by atoms with Crippen LogP contribution in [0.1, 0.15) is 40.2 Å². The fourth-order valence-electron chi connectivity index (χ4n) is 2.94. The summed E-state index contributed by atoms with van der Waals surface area (Å²) >= 11 is 0. The molecule has 3 aromatic rings. The molecule has 7 heteroatoms. The maximum Gasteiger partial charge on any atom is 0.337 e. The van der Waals surface area contributed by atoms with Crippen LogP contribution in [0.4, 0.5) is 4.39 Å². The SMILES string of the molecule is Cc1ccc(-c2nn3cc(C(=O)O)c(C4CC4)c3c(=O)[nH]2)cc1F. The monoisotopic (exact) mass is 327 g/mol. The number of carbonyl (C=O) groups is 1. The van der Waals surface area contributed by atoms with Crippen LogP contribution in [0.5, 0.6) is 0 Å². The van der Waals surface area contributed by atoms with Gasteiger partial charge in [0.2, 0.25) is 0 Å². The largest absolute Gasteiger partial charge is 0.478 e. The first-order chi connectivity index (χ1) is 11.5. The topological polar surface area (TPSA) is 87.5 Å². The van der Waals surface area contributed by atoms with Gasteiger partial charge in [-0.15, -0.1) is 5.10 Å². The van der Waals surface area contributed by atoms with Crippen molar-refractivity contribution in [1.82, 2.24) is 14.6 Å². The van der Waals surface area contributed by atoms with E-state index in [1.807, 2.05) is 0 Å². The number of aromatic amines is 1. The van der Waals surface area contributed by atoms with E-state index in [0.29, 0.717) is 16.7 Å². The predicted octanol–water partition coefficient (Wildman–Crippen LogP) is 2.71. The van der Waals surface area contributed by atoms with Crippen LogP contribution >= 0.6 is 0 Å². The number of aromatic nitrogens is 3. The van der Waals surface area contributed by atoms with Gasteiger partial charge in [-0.1, -0.05) is 12.1 Å². The van der Waals surface area contributed by atoms with Crippen molar-refractivity contribution in [3.63, 3.8) is 0 Å². The van der Waals surface area contributed by atoms with E-state index >= 15 is 0 Å². The van der Waals surface area contributed by atoms with Gasteiger partial charge in [0.25, 0.3) is 5.56 Å². The van der Waals surface area contributed by atoms with Crippen molar-refractivity contribution in [2.75, 3.05) is 0 Å². The summed E-state index contributed by atoms with van der Waals surface area (Å²) in [5.41, 5.74) is 1.39. The minimum absolute atomic E-state index is 0.0895. The molecule has 6 nitrogen and oxygen atoms in total. The number of nitrogens with zero attached hydrogens (tertiary/aromatic N) is 2. The number of H-pyrrole nitrogens is 1. The average molecular weight is 327 g/mol. The molecule has 1 saturated carbocycles. The van der Waals surface area contributed by atoms with Crippen molar-refractivity contribution in [2.24, 2.45) is 0 Å². The molecule has 1 fully saturated rings. The molecule has 4 rings (SSSR count). The molecule has 0 bridgehead atoms. The van der Waals surface area contributed by atoms with Gasteiger partial charge in [0.1, 0.15) is 11.3 Å². The van der Waals surface area contributed by atoms with Gasteiger partial charge < -0.3 is 10.1 Å². The number of hydrogen-bond donors (Lipinski definition) is 2. The van der Waals surface area contributed by atoms with Crippen LogP contribution in [0.15, 0.2) is 29.2 Å². The van der Waals surface area contributed by atoms with Crippen molar-refractivity contribution < 1.29 is 14.3 Å². The third kappa shape index (κ3) is 2.20. The molecule has 2 heterocycles. The molecule has 1 aliphatic carbocycles. The Morgan fingerprint density at radius 2 is 2.17 bits per heavy atom. The molecule has 2 aromatic heterocycles. The Labute approximate surface area is 135 Å². The molecule has 122 valence electrons. The molecule has 0 spiro atoms. The minimum atomic E-state index is -1.08. The van der Waals surface area contributed by atoms with Crippen molar-refractivity contribution in [2.45, 2.75) is 25.7 Å². The summed E-state index contributed by atoms with van der Waals surface area (Å²) in [7, 11) is 0. The lowest BCUT2D eigenvalue weighted by molar-refractivity contribution is 0.0696. The van der Waals surface area contributed by atoms with Crippen molar-refractivity contribution >= 4 is 11.5 Å². The second-order valence-corrected chi connectivity index (χ2v) is 6.10. The first-order valence-electron chi connectivity index (χ1n) is 7.61. The summed E-state index contributed by atoms with van der Waals surface area (Å²) in [6.45, 7) is 1.64. The maximum absolute atomic E-state index is 13.8. The fraction of sp³-hybridized carbons (Fsp3) is 0.235. The molecule has 0 atom stereocenters. The normalized spacial score (nSPS) is 14.2. The van der Waals surface area contributed by atoms with Crippen LogP contribution in [0.25, 0.3) is 16.9 Å². The zero-order chi connectivity index (χ0) is 17.0. The zero-order valence-corrected chi connectivity index (χ0v) is 12.8. The third-order valence-electron chi connectivity index (χ3n) is 4.34. The second-order valence-electron chi connectivity index (χ2n) is 6.10. The molecular weight excluding hydrogens is 313 g/mol. The van der Waals surface area contributed by atoms with Gasteiger partial charge >= 0.3 is 5.97 Å². The summed E-state index contributed by atoms with van der Waals surface area (Å²) in [6, 6.07) is 4.55. The molecule has 2 N–H and O–H groups in total. The van der Waals surface area contributed by atoms with E-state index < -0.39 is 17.3 Å². The Bertz CT molecular complexity index is 1050. The summed E-state index contributed by atoms with van der Waals surface area (Å²) in [6.07, 6.45) is 3.09. The number of carboxylic acid groups (broad SMARTS) is 1. The highest BCUT2D eigenvalue weighted by atomic mass is 19.1. The van der Waals surface area contributed by atoms with Crippen LogP contribution in [-0.2, 0) is 0 Å². The van der Waals surface area contributed by atoms with Crippen LogP contribution in [-0.4, -0.2) is 25.7 Å². The van der Waals surface area contributed by atoms with Crippen LogP contribution < -0.4 is 5.56 Å². The Hall–Kier alpha value is -2.96. The number of fused-ring (bicyclic) bond motifs is 1. The number of aryl methyl sites for hydroxylation is 1. The van der Waals surface area contributed by atoms with Crippen molar-refractivity contribution in [3.8, 4) is 11.4 Å². The zero-order valence-electron chi connectivity index (χ0n) is 12.8. The predicted molar refractivity (Wildman–Crippen MR) is 84.9 cm³/mol. The highest BCUT2D eigenvalue weighted by molar-refractivity contribution is 5.92. The van der Waals surface area contributed by atoms with Crippen LogP contribution in [0, 0.1) is 12.7 Å². The Morgan fingerprint density at radius 3 is 2.79 bits per heavy atom. The summed E-state index contributed by atoms with van der Waals surface area (Å²) in [5.74, 6) is -1.19. The molecular formula is C17H14FN3O3. The number of carboxylic acids is 1. The van der Waals surface area contributed by atoms with Gasteiger partial charge in [-0.05, 0) is 37.3 Å².